The molecule has 0 spiro atoms. The fourth-order valence-electron chi connectivity index (χ4n) is 2.23. The standard InChI is InChI=1S/C17H10Cl3NO/c18-13-8-15(20)16(9-14(13)19)21-17(22)12-7-3-5-10-4-1-2-6-11(10)12/h1-9H,(H,21,22). The molecule has 0 atom stereocenters. The second kappa shape index (κ2) is 6.17. The summed E-state index contributed by atoms with van der Waals surface area (Å²) in [6.45, 7) is 0. The van der Waals surface area contributed by atoms with Gasteiger partial charge in [0.1, 0.15) is 0 Å². The van der Waals surface area contributed by atoms with Gasteiger partial charge >= 0.3 is 0 Å². The van der Waals surface area contributed by atoms with Crippen molar-refractivity contribution in [3.05, 3.63) is 75.2 Å². The number of carbonyl (C=O) groups excluding carboxylic acids is 1. The van der Waals surface area contributed by atoms with Crippen molar-refractivity contribution in [3.8, 4) is 0 Å². The molecule has 0 saturated carbocycles. The quantitative estimate of drug-likeness (QED) is 0.560. The summed E-state index contributed by atoms with van der Waals surface area (Å²) < 4.78 is 0. The maximum Gasteiger partial charge on any atom is 0.256 e. The maximum atomic E-state index is 12.5. The molecular weight excluding hydrogens is 341 g/mol. The van der Waals surface area contributed by atoms with E-state index in [1.54, 1.807) is 6.07 Å². The molecule has 3 aromatic carbocycles. The Bertz CT molecular complexity index is 872. The molecule has 0 heterocycles. The summed E-state index contributed by atoms with van der Waals surface area (Å²) in [5, 5.41) is 5.65. The molecular formula is C17H10Cl3NO. The predicted octanol–water partition coefficient (Wildman–Crippen LogP) is 6.05. The largest absolute Gasteiger partial charge is 0.321 e. The van der Waals surface area contributed by atoms with Gasteiger partial charge in [-0.1, -0.05) is 71.2 Å². The summed E-state index contributed by atoms with van der Waals surface area (Å²) in [4.78, 5) is 12.5. The van der Waals surface area contributed by atoms with E-state index in [0.29, 0.717) is 26.3 Å². The molecule has 0 bridgehead atoms. The van der Waals surface area contributed by atoms with Gasteiger partial charge in [0.05, 0.1) is 20.8 Å². The number of fused-ring (bicyclic) bond motifs is 1. The van der Waals surface area contributed by atoms with E-state index in [-0.39, 0.29) is 5.91 Å². The summed E-state index contributed by atoms with van der Waals surface area (Å²) in [7, 11) is 0. The minimum atomic E-state index is -0.253. The third kappa shape index (κ3) is 2.91. The van der Waals surface area contributed by atoms with Crippen LogP contribution in [0.1, 0.15) is 10.4 Å². The zero-order valence-corrected chi connectivity index (χ0v) is 13.5. The molecule has 22 heavy (non-hydrogen) atoms. The smallest absolute Gasteiger partial charge is 0.256 e. The zero-order chi connectivity index (χ0) is 15.7. The van der Waals surface area contributed by atoms with Gasteiger partial charge in [-0.25, -0.2) is 0 Å². The molecule has 1 amide bonds. The lowest BCUT2D eigenvalue weighted by atomic mass is 10.0. The topological polar surface area (TPSA) is 29.1 Å². The first-order chi connectivity index (χ1) is 10.6. The number of anilines is 1. The van der Waals surface area contributed by atoms with Crippen LogP contribution in [0.25, 0.3) is 10.8 Å². The average Bonchev–Trinajstić information content (AvgIpc) is 2.52. The van der Waals surface area contributed by atoms with Gasteiger partial charge in [-0.3, -0.25) is 4.79 Å². The second-order valence-electron chi connectivity index (χ2n) is 4.73. The molecule has 0 aliphatic rings. The summed E-state index contributed by atoms with van der Waals surface area (Å²) in [5.41, 5.74) is 0.995. The van der Waals surface area contributed by atoms with Crippen molar-refractivity contribution in [2.45, 2.75) is 0 Å². The van der Waals surface area contributed by atoms with E-state index in [1.807, 2.05) is 36.4 Å². The Morgan fingerprint density at radius 2 is 1.50 bits per heavy atom. The number of hydrogen-bond acceptors (Lipinski definition) is 1. The maximum absolute atomic E-state index is 12.5. The molecule has 0 radical (unpaired) electrons. The van der Waals surface area contributed by atoms with Gasteiger partial charge in [0.25, 0.3) is 5.91 Å². The molecule has 0 aliphatic carbocycles. The average molecular weight is 351 g/mol. The van der Waals surface area contributed by atoms with Crippen molar-refractivity contribution < 1.29 is 4.79 Å². The number of benzene rings is 3. The first-order valence-corrected chi connectivity index (χ1v) is 7.63. The third-order valence-electron chi connectivity index (χ3n) is 3.29. The number of nitrogens with one attached hydrogen (secondary N) is 1. The van der Waals surface area contributed by atoms with Gasteiger partial charge in [0.15, 0.2) is 0 Å². The van der Waals surface area contributed by atoms with Gasteiger partial charge in [-0.2, -0.15) is 0 Å². The highest BCUT2D eigenvalue weighted by molar-refractivity contribution is 6.44. The first-order valence-electron chi connectivity index (χ1n) is 6.50. The Hall–Kier alpha value is -1.74. The Kier molecular flexibility index (Phi) is 4.25. The lowest BCUT2D eigenvalue weighted by Crippen LogP contribution is -2.12. The minimum absolute atomic E-state index is 0.253. The van der Waals surface area contributed by atoms with Crippen LogP contribution in [-0.4, -0.2) is 5.91 Å². The second-order valence-corrected chi connectivity index (χ2v) is 5.95. The highest BCUT2D eigenvalue weighted by Crippen LogP contribution is 2.32. The minimum Gasteiger partial charge on any atom is -0.321 e. The molecule has 1 N–H and O–H groups in total. The Labute approximate surface area is 142 Å². The van der Waals surface area contributed by atoms with Crippen LogP contribution in [0.2, 0.25) is 15.1 Å². The molecule has 0 aliphatic heterocycles. The number of hydrogen-bond donors (Lipinski definition) is 1. The van der Waals surface area contributed by atoms with Gasteiger partial charge in [0.2, 0.25) is 0 Å². The van der Waals surface area contributed by atoms with Crippen molar-refractivity contribution in [1.29, 1.82) is 0 Å². The number of rotatable bonds is 2. The van der Waals surface area contributed by atoms with Crippen LogP contribution in [0.5, 0.6) is 0 Å². The molecule has 5 heteroatoms. The summed E-state index contributed by atoms with van der Waals surface area (Å²) in [6, 6.07) is 16.3. The third-order valence-corrected chi connectivity index (χ3v) is 4.33. The normalized spacial score (nSPS) is 10.7. The summed E-state index contributed by atoms with van der Waals surface area (Å²) in [5.74, 6) is -0.253. The monoisotopic (exact) mass is 349 g/mol. The van der Waals surface area contributed by atoms with E-state index in [2.05, 4.69) is 5.32 Å². The Balaban J connectivity index is 1.99. The lowest BCUT2D eigenvalue weighted by Gasteiger charge is -2.10. The fourth-order valence-corrected chi connectivity index (χ4v) is 2.83. The Morgan fingerprint density at radius 1 is 0.818 bits per heavy atom. The van der Waals surface area contributed by atoms with E-state index >= 15 is 0 Å². The highest BCUT2D eigenvalue weighted by atomic mass is 35.5. The SMILES string of the molecule is O=C(Nc1cc(Cl)c(Cl)cc1Cl)c1cccc2ccccc12. The Morgan fingerprint density at radius 3 is 2.32 bits per heavy atom. The van der Waals surface area contributed by atoms with Crippen LogP contribution in [0.4, 0.5) is 5.69 Å². The van der Waals surface area contributed by atoms with Crippen LogP contribution in [0, 0.1) is 0 Å². The van der Waals surface area contributed by atoms with Crippen molar-refractivity contribution >= 4 is 57.2 Å². The summed E-state index contributed by atoms with van der Waals surface area (Å²) >= 11 is 18.0. The molecule has 3 rings (SSSR count). The molecule has 3 aromatic rings. The van der Waals surface area contributed by atoms with Gasteiger partial charge in [-0.05, 0) is 29.0 Å². The lowest BCUT2D eigenvalue weighted by molar-refractivity contribution is 0.102. The van der Waals surface area contributed by atoms with Crippen molar-refractivity contribution in [2.75, 3.05) is 5.32 Å². The van der Waals surface area contributed by atoms with Crippen LogP contribution in [-0.2, 0) is 0 Å². The van der Waals surface area contributed by atoms with Gasteiger partial charge in [-0.15, -0.1) is 0 Å². The molecule has 0 fully saturated rings. The number of halogens is 3. The molecule has 2 nitrogen and oxygen atoms in total. The number of amides is 1. The van der Waals surface area contributed by atoms with Gasteiger partial charge in [0, 0.05) is 5.56 Å². The van der Waals surface area contributed by atoms with E-state index < -0.39 is 0 Å². The van der Waals surface area contributed by atoms with Crippen LogP contribution in [0.15, 0.2) is 54.6 Å². The van der Waals surface area contributed by atoms with Crippen molar-refractivity contribution in [3.63, 3.8) is 0 Å². The van der Waals surface area contributed by atoms with E-state index in [0.717, 1.165) is 10.8 Å². The van der Waals surface area contributed by atoms with Crippen molar-refractivity contribution in [2.24, 2.45) is 0 Å². The molecule has 0 aromatic heterocycles. The van der Waals surface area contributed by atoms with Crippen LogP contribution < -0.4 is 5.32 Å². The van der Waals surface area contributed by atoms with E-state index in [1.165, 1.54) is 12.1 Å². The van der Waals surface area contributed by atoms with E-state index in [9.17, 15) is 4.79 Å². The molecule has 110 valence electrons. The summed E-state index contributed by atoms with van der Waals surface area (Å²) in [6.07, 6.45) is 0. The zero-order valence-electron chi connectivity index (χ0n) is 11.2. The molecule has 0 unspecified atom stereocenters. The van der Waals surface area contributed by atoms with Crippen LogP contribution >= 0.6 is 34.8 Å². The van der Waals surface area contributed by atoms with Gasteiger partial charge < -0.3 is 5.32 Å². The van der Waals surface area contributed by atoms with Crippen LogP contribution in [0.3, 0.4) is 0 Å². The highest BCUT2D eigenvalue weighted by Gasteiger charge is 2.13. The fraction of sp³-hybridized carbons (Fsp3) is 0. The van der Waals surface area contributed by atoms with Crippen molar-refractivity contribution in [1.82, 2.24) is 0 Å². The predicted molar refractivity (Wildman–Crippen MR) is 93.4 cm³/mol. The molecule has 0 saturated heterocycles. The first kappa shape index (κ1) is 15.2. The van der Waals surface area contributed by atoms with E-state index in [4.69, 9.17) is 34.8 Å². The number of carbonyl (C=O) groups is 1.